The van der Waals surface area contributed by atoms with Gasteiger partial charge in [0.1, 0.15) is 0 Å². The van der Waals surface area contributed by atoms with E-state index in [1.54, 1.807) is 23.1 Å². The summed E-state index contributed by atoms with van der Waals surface area (Å²) in [5.41, 5.74) is 4.43. The molecule has 0 N–H and O–H groups in total. The molecular formula is C23H26N2O2S2. The number of benzene rings is 2. The Morgan fingerprint density at radius 3 is 2.90 bits per heavy atom. The zero-order chi connectivity index (χ0) is 20.4. The molecule has 2 heterocycles. The Labute approximate surface area is 180 Å². The summed E-state index contributed by atoms with van der Waals surface area (Å²) in [4.78, 5) is 21.3. The maximum Gasteiger partial charge on any atom is 0.233 e. The third kappa shape index (κ3) is 4.49. The number of rotatable bonds is 6. The van der Waals surface area contributed by atoms with Gasteiger partial charge in [0.25, 0.3) is 0 Å². The molecule has 0 bridgehead atoms. The standard InChI is InChI=1S/C23H26N2O2S2/c1-15-9-10-17(16(2)12-15)13-21(26)25(14-18-6-5-11-27-18)23-24-22-19(28-3)7-4-8-20(22)29-23/h4,7-10,12,18H,5-6,11,13-14H2,1-3H3. The van der Waals surface area contributed by atoms with Crippen LogP contribution in [-0.4, -0.2) is 36.4 Å². The van der Waals surface area contributed by atoms with Gasteiger partial charge >= 0.3 is 0 Å². The number of thioether (sulfide) groups is 1. The first-order valence-corrected chi connectivity index (χ1v) is 12.0. The molecule has 0 radical (unpaired) electrons. The highest BCUT2D eigenvalue weighted by Gasteiger charge is 2.26. The molecule has 1 aliphatic rings. The molecule has 1 saturated heterocycles. The Hall–Kier alpha value is -1.89. The van der Waals surface area contributed by atoms with Crippen molar-refractivity contribution in [3.63, 3.8) is 0 Å². The lowest BCUT2D eigenvalue weighted by Gasteiger charge is -2.23. The third-order valence-electron chi connectivity index (χ3n) is 5.37. The molecule has 1 unspecified atom stereocenters. The Morgan fingerprint density at radius 2 is 2.17 bits per heavy atom. The van der Waals surface area contributed by atoms with Gasteiger partial charge in [-0.25, -0.2) is 4.98 Å². The zero-order valence-corrected chi connectivity index (χ0v) is 18.7. The van der Waals surface area contributed by atoms with Crippen molar-refractivity contribution in [1.82, 2.24) is 4.98 Å². The number of para-hydroxylation sites is 1. The molecule has 0 spiro atoms. The van der Waals surface area contributed by atoms with Crippen LogP contribution in [0.15, 0.2) is 41.3 Å². The van der Waals surface area contributed by atoms with Crippen LogP contribution in [0, 0.1) is 13.8 Å². The van der Waals surface area contributed by atoms with E-state index in [9.17, 15) is 4.79 Å². The largest absolute Gasteiger partial charge is 0.376 e. The molecule has 3 aromatic rings. The van der Waals surface area contributed by atoms with Gasteiger partial charge < -0.3 is 4.74 Å². The number of hydrogen-bond donors (Lipinski definition) is 0. The number of thiazole rings is 1. The number of ether oxygens (including phenoxy) is 1. The second kappa shape index (κ2) is 8.86. The Bertz CT molecular complexity index is 1020. The number of fused-ring (bicyclic) bond motifs is 1. The molecule has 152 valence electrons. The van der Waals surface area contributed by atoms with Crippen molar-refractivity contribution in [1.29, 1.82) is 0 Å². The minimum atomic E-state index is 0.0808. The molecule has 1 aromatic heterocycles. The van der Waals surface area contributed by atoms with E-state index in [0.29, 0.717) is 13.0 Å². The average Bonchev–Trinajstić information content (AvgIpc) is 3.37. The van der Waals surface area contributed by atoms with Crippen molar-refractivity contribution in [2.45, 2.75) is 44.1 Å². The van der Waals surface area contributed by atoms with E-state index in [0.717, 1.165) is 50.8 Å². The van der Waals surface area contributed by atoms with Crippen molar-refractivity contribution in [2.75, 3.05) is 24.3 Å². The lowest BCUT2D eigenvalue weighted by atomic mass is 10.0. The highest BCUT2D eigenvalue weighted by atomic mass is 32.2. The Morgan fingerprint density at radius 1 is 1.31 bits per heavy atom. The van der Waals surface area contributed by atoms with E-state index in [-0.39, 0.29) is 12.0 Å². The van der Waals surface area contributed by atoms with E-state index in [1.807, 2.05) is 4.90 Å². The molecule has 29 heavy (non-hydrogen) atoms. The average molecular weight is 427 g/mol. The van der Waals surface area contributed by atoms with E-state index in [1.165, 1.54) is 5.56 Å². The van der Waals surface area contributed by atoms with Crippen LogP contribution in [0.1, 0.15) is 29.5 Å². The number of carbonyl (C=O) groups excluding carboxylic acids is 1. The Kier molecular flexibility index (Phi) is 6.23. The van der Waals surface area contributed by atoms with Crippen molar-refractivity contribution in [2.24, 2.45) is 0 Å². The summed E-state index contributed by atoms with van der Waals surface area (Å²) >= 11 is 3.28. The first-order chi connectivity index (χ1) is 14.0. The van der Waals surface area contributed by atoms with Crippen molar-refractivity contribution < 1.29 is 9.53 Å². The molecule has 1 atom stereocenters. The van der Waals surface area contributed by atoms with Crippen LogP contribution in [-0.2, 0) is 16.0 Å². The summed E-state index contributed by atoms with van der Waals surface area (Å²) in [6, 6.07) is 12.5. The van der Waals surface area contributed by atoms with Gasteiger partial charge in [-0.15, -0.1) is 11.8 Å². The van der Waals surface area contributed by atoms with E-state index < -0.39 is 0 Å². The molecule has 1 amide bonds. The number of nitrogens with zero attached hydrogens (tertiary/aromatic N) is 2. The lowest BCUT2D eigenvalue weighted by molar-refractivity contribution is -0.118. The lowest BCUT2D eigenvalue weighted by Crippen LogP contribution is -2.38. The van der Waals surface area contributed by atoms with Crippen LogP contribution in [0.25, 0.3) is 10.2 Å². The van der Waals surface area contributed by atoms with E-state index >= 15 is 0 Å². The highest BCUT2D eigenvalue weighted by Crippen LogP contribution is 2.35. The number of carbonyl (C=O) groups is 1. The molecule has 4 nitrogen and oxygen atoms in total. The van der Waals surface area contributed by atoms with Crippen molar-refractivity contribution >= 4 is 44.4 Å². The maximum atomic E-state index is 13.4. The van der Waals surface area contributed by atoms with E-state index in [4.69, 9.17) is 9.72 Å². The molecule has 4 rings (SSSR count). The first kappa shape index (κ1) is 20.4. The van der Waals surface area contributed by atoms with Gasteiger partial charge in [-0.1, -0.05) is 41.2 Å². The normalized spacial score (nSPS) is 16.4. The fraction of sp³-hybridized carbons (Fsp3) is 0.391. The van der Waals surface area contributed by atoms with Crippen LogP contribution in [0.3, 0.4) is 0 Å². The number of aromatic nitrogens is 1. The van der Waals surface area contributed by atoms with Crippen LogP contribution in [0.4, 0.5) is 5.13 Å². The topological polar surface area (TPSA) is 42.4 Å². The van der Waals surface area contributed by atoms with Gasteiger partial charge in [0.2, 0.25) is 5.91 Å². The minimum Gasteiger partial charge on any atom is -0.376 e. The van der Waals surface area contributed by atoms with Crippen LogP contribution in [0.5, 0.6) is 0 Å². The maximum absolute atomic E-state index is 13.4. The quantitative estimate of drug-likeness (QED) is 0.496. The molecule has 1 fully saturated rings. The van der Waals surface area contributed by atoms with Gasteiger partial charge in [-0.3, -0.25) is 9.69 Å². The summed E-state index contributed by atoms with van der Waals surface area (Å²) in [6.45, 7) is 5.49. The fourth-order valence-electron chi connectivity index (χ4n) is 3.77. The number of hydrogen-bond acceptors (Lipinski definition) is 5. The van der Waals surface area contributed by atoms with Gasteiger partial charge in [0, 0.05) is 11.5 Å². The van der Waals surface area contributed by atoms with Crippen LogP contribution < -0.4 is 4.90 Å². The highest BCUT2D eigenvalue weighted by molar-refractivity contribution is 7.98. The molecule has 6 heteroatoms. The molecule has 0 aliphatic carbocycles. The summed E-state index contributed by atoms with van der Waals surface area (Å²) in [5, 5.41) is 0.770. The summed E-state index contributed by atoms with van der Waals surface area (Å²) in [6.07, 6.45) is 4.58. The smallest absolute Gasteiger partial charge is 0.233 e. The predicted octanol–water partition coefficient (Wildman–Crippen LogP) is 5.39. The van der Waals surface area contributed by atoms with Crippen LogP contribution >= 0.6 is 23.1 Å². The zero-order valence-electron chi connectivity index (χ0n) is 17.1. The van der Waals surface area contributed by atoms with E-state index in [2.05, 4.69) is 56.5 Å². The number of anilines is 1. The predicted molar refractivity (Wildman–Crippen MR) is 122 cm³/mol. The molecular weight excluding hydrogens is 400 g/mol. The van der Waals surface area contributed by atoms with Crippen LogP contribution in [0.2, 0.25) is 0 Å². The second-order valence-electron chi connectivity index (χ2n) is 7.55. The summed E-state index contributed by atoms with van der Waals surface area (Å²) in [7, 11) is 0. The monoisotopic (exact) mass is 426 g/mol. The molecule has 1 aliphatic heterocycles. The van der Waals surface area contributed by atoms with Gasteiger partial charge in [-0.2, -0.15) is 0 Å². The summed E-state index contributed by atoms with van der Waals surface area (Å²) < 4.78 is 6.96. The van der Waals surface area contributed by atoms with Gasteiger partial charge in [0.05, 0.1) is 29.3 Å². The fourth-order valence-corrected chi connectivity index (χ4v) is 5.42. The van der Waals surface area contributed by atoms with Crippen molar-refractivity contribution in [3.8, 4) is 0 Å². The minimum absolute atomic E-state index is 0.0808. The third-order valence-corrected chi connectivity index (χ3v) is 7.19. The number of aryl methyl sites for hydroxylation is 2. The molecule has 0 saturated carbocycles. The molecule has 2 aromatic carbocycles. The SMILES string of the molecule is CSc1cccc2sc(N(CC3CCCO3)C(=O)Cc3ccc(C)cc3C)nc12. The Balaban J connectivity index is 1.66. The van der Waals surface area contributed by atoms with Crippen molar-refractivity contribution in [3.05, 3.63) is 53.1 Å². The van der Waals surface area contributed by atoms with Gasteiger partial charge in [-0.05, 0) is 56.2 Å². The number of amides is 1. The summed E-state index contributed by atoms with van der Waals surface area (Å²) in [5.74, 6) is 0.0808. The first-order valence-electron chi connectivity index (χ1n) is 9.97. The second-order valence-corrected chi connectivity index (χ2v) is 9.41. The van der Waals surface area contributed by atoms with Gasteiger partial charge in [0.15, 0.2) is 5.13 Å².